The maximum absolute atomic E-state index is 13.5. The summed E-state index contributed by atoms with van der Waals surface area (Å²) < 4.78 is 5.18. The highest BCUT2D eigenvalue weighted by atomic mass is 35.5. The molecule has 2 aliphatic rings. The maximum atomic E-state index is 13.5. The number of amides is 2. The number of methoxy groups -OCH3 is 1. The monoisotopic (exact) mass is 460 g/mol. The second-order valence-corrected chi connectivity index (χ2v) is 8.26. The van der Waals surface area contributed by atoms with Crippen molar-refractivity contribution >= 4 is 40.9 Å². The van der Waals surface area contributed by atoms with Crippen LogP contribution < -0.4 is 14.7 Å². The predicted octanol–water partition coefficient (Wildman–Crippen LogP) is 4.74. The molecular weight excluding hydrogens is 440 g/mol. The number of ether oxygens (including phenoxy) is 1. The van der Waals surface area contributed by atoms with Gasteiger partial charge in [-0.3, -0.25) is 14.4 Å². The topological polar surface area (TPSA) is 59.1 Å². The van der Waals surface area contributed by atoms with Gasteiger partial charge in [0.05, 0.1) is 24.5 Å². The minimum Gasteiger partial charge on any atom is -0.497 e. The summed E-state index contributed by atoms with van der Waals surface area (Å²) in [4.78, 5) is 34.1. The number of nitrogens with zero attached hydrogens (tertiary/aromatic N) is 2. The van der Waals surface area contributed by atoms with Crippen molar-refractivity contribution in [1.29, 1.82) is 0 Å². The average molecular weight is 461 g/mol. The second kappa shape index (κ2) is 8.73. The van der Waals surface area contributed by atoms with E-state index in [1.165, 1.54) is 4.90 Å². The van der Waals surface area contributed by atoms with Gasteiger partial charge in [0.25, 0.3) is 5.91 Å². The van der Waals surface area contributed by atoms with E-state index in [0.717, 1.165) is 11.3 Å². The van der Waals surface area contributed by atoms with Crippen LogP contribution in [0.25, 0.3) is 6.08 Å². The Morgan fingerprint density at radius 2 is 1.67 bits per heavy atom. The summed E-state index contributed by atoms with van der Waals surface area (Å²) in [5, 5.41) is 2.27. The average Bonchev–Trinajstić information content (AvgIpc) is 3.34. The van der Waals surface area contributed by atoms with E-state index in [4.69, 9.17) is 21.2 Å². The first-order valence-electron chi connectivity index (χ1n) is 10.5. The van der Waals surface area contributed by atoms with Gasteiger partial charge in [-0.1, -0.05) is 54.1 Å². The molecule has 3 atom stereocenters. The lowest BCUT2D eigenvalue weighted by Crippen LogP contribution is -2.39. The number of benzene rings is 3. The first-order chi connectivity index (χ1) is 16.1. The van der Waals surface area contributed by atoms with Gasteiger partial charge in [0.2, 0.25) is 5.91 Å². The summed E-state index contributed by atoms with van der Waals surface area (Å²) in [5.74, 6) is -0.716. The molecule has 166 valence electrons. The van der Waals surface area contributed by atoms with Crippen LogP contribution in [0.4, 0.5) is 11.4 Å². The number of halogens is 1. The van der Waals surface area contributed by atoms with E-state index < -0.39 is 18.1 Å². The van der Waals surface area contributed by atoms with Gasteiger partial charge in [0, 0.05) is 5.02 Å². The normalized spacial score (nSPS) is 22.3. The van der Waals surface area contributed by atoms with E-state index >= 15 is 0 Å². The van der Waals surface area contributed by atoms with Gasteiger partial charge in [0.1, 0.15) is 11.7 Å². The fourth-order valence-electron chi connectivity index (χ4n) is 4.25. The number of hydrogen-bond acceptors (Lipinski definition) is 5. The van der Waals surface area contributed by atoms with Gasteiger partial charge < -0.3 is 4.74 Å². The van der Waals surface area contributed by atoms with Gasteiger partial charge in [-0.15, -0.1) is 0 Å². The van der Waals surface area contributed by atoms with Crippen LogP contribution >= 0.6 is 11.6 Å². The van der Waals surface area contributed by atoms with Gasteiger partial charge in [-0.2, -0.15) is 0 Å². The van der Waals surface area contributed by atoms with Crippen LogP contribution in [0.2, 0.25) is 5.02 Å². The van der Waals surface area contributed by atoms with Crippen LogP contribution in [-0.4, -0.2) is 31.1 Å². The molecule has 2 amide bonds. The summed E-state index contributed by atoms with van der Waals surface area (Å²) in [6.45, 7) is 0. The highest BCUT2D eigenvalue weighted by molar-refractivity contribution is 6.30. The van der Waals surface area contributed by atoms with E-state index in [2.05, 4.69) is 0 Å². The minimum atomic E-state index is -0.909. The summed E-state index contributed by atoms with van der Waals surface area (Å²) in [7, 11) is 1.56. The Bertz CT molecular complexity index is 1210. The zero-order valence-electron chi connectivity index (χ0n) is 17.8. The summed E-state index contributed by atoms with van der Waals surface area (Å²) in [6, 6.07) is 23.2. The Hall–Kier alpha value is -3.61. The molecule has 0 spiro atoms. The molecule has 0 saturated carbocycles. The number of para-hydroxylation sites is 1. The van der Waals surface area contributed by atoms with Crippen molar-refractivity contribution in [2.75, 3.05) is 17.1 Å². The van der Waals surface area contributed by atoms with Crippen LogP contribution in [0.5, 0.6) is 5.75 Å². The van der Waals surface area contributed by atoms with E-state index in [9.17, 15) is 9.59 Å². The van der Waals surface area contributed by atoms with Crippen molar-refractivity contribution in [3.63, 3.8) is 0 Å². The Balaban J connectivity index is 1.50. The van der Waals surface area contributed by atoms with Gasteiger partial charge in [-0.05, 0) is 54.1 Å². The largest absolute Gasteiger partial charge is 0.497 e. The molecule has 2 heterocycles. The van der Waals surface area contributed by atoms with Crippen molar-refractivity contribution in [2.24, 2.45) is 5.92 Å². The first kappa shape index (κ1) is 21.2. The smallest absolute Gasteiger partial charge is 0.266 e. The van der Waals surface area contributed by atoms with Crippen LogP contribution in [0.3, 0.4) is 0 Å². The molecule has 7 heteroatoms. The molecule has 2 saturated heterocycles. The summed E-state index contributed by atoms with van der Waals surface area (Å²) in [6.07, 6.45) is 2.88. The van der Waals surface area contributed by atoms with Crippen molar-refractivity contribution in [3.05, 3.63) is 95.5 Å². The zero-order valence-corrected chi connectivity index (χ0v) is 18.6. The number of hydroxylamine groups is 1. The molecule has 0 aromatic heterocycles. The minimum absolute atomic E-state index is 0.297. The molecule has 2 aliphatic heterocycles. The predicted molar refractivity (Wildman–Crippen MR) is 127 cm³/mol. The Kier molecular flexibility index (Phi) is 5.62. The highest BCUT2D eigenvalue weighted by Gasteiger charge is 2.59. The summed E-state index contributed by atoms with van der Waals surface area (Å²) >= 11 is 6.12. The summed E-state index contributed by atoms with van der Waals surface area (Å²) in [5.41, 5.74) is 2.15. The third-order valence-corrected chi connectivity index (χ3v) is 6.07. The number of fused-ring (bicyclic) bond motifs is 1. The molecule has 33 heavy (non-hydrogen) atoms. The lowest BCUT2D eigenvalue weighted by molar-refractivity contribution is -0.126. The first-order valence-corrected chi connectivity index (χ1v) is 10.9. The van der Waals surface area contributed by atoms with Gasteiger partial charge in [-0.25, -0.2) is 9.96 Å². The van der Waals surface area contributed by atoms with Gasteiger partial charge in [0.15, 0.2) is 6.10 Å². The van der Waals surface area contributed by atoms with E-state index in [1.807, 2.05) is 60.7 Å². The lowest BCUT2D eigenvalue weighted by atomic mass is 9.95. The molecular formula is C26H21ClN2O4. The standard InChI is InChI=1S/C26H21ClN2O4/c1-32-21-13-11-19(12-14-21)28-25(30)23-22(15-10-17-6-5-7-18(27)16-17)29(33-24(23)26(28)31)20-8-3-2-4-9-20/h2-16,22-24H,1H3/b15-10-/t22-,23+,24-/m1/s1. The number of anilines is 2. The van der Waals surface area contributed by atoms with E-state index in [1.54, 1.807) is 42.5 Å². The van der Waals surface area contributed by atoms with Crippen LogP contribution in [-0.2, 0) is 14.4 Å². The van der Waals surface area contributed by atoms with Crippen molar-refractivity contribution in [1.82, 2.24) is 0 Å². The number of rotatable bonds is 5. The number of hydrogen-bond donors (Lipinski definition) is 0. The molecule has 5 rings (SSSR count). The quantitative estimate of drug-likeness (QED) is 0.515. The lowest BCUT2D eigenvalue weighted by Gasteiger charge is -2.26. The molecule has 6 nitrogen and oxygen atoms in total. The van der Waals surface area contributed by atoms with E-state index in [0.29, 0.717) is 16.5 Å². The maximum Gasteiger partial charge on any atom is 0.266 e. The highest BCUT2D eigenvalue weighted by Crippen LogP contribution is 2.41. The Morgan fingerprint density at radius 3 is 2.36 bits per heavy atom. The molecule has 3 aromatic carbocycles. The fourth-order valence-corrected chi connectivity index (χ4v) is 4.45. The molecule has 0 bridgehead atoms. The van der Waals surface area contributed by atoms with E-state index in [-0.39, 0.29) is 11.8 Å². The molecule has 0 aliphatic carbocycles. The molecule has 0 N–H and O–H groups in total. The molecule has 0 radical (unpaired) electrons. The second-order valence-electron chi connectivity index (χ2n) is 7.83. The van der Waals surface area contributed by atoms with Crippen molar-refractivity contribution in [3.8, 4) is 5.75 Å². The van der Waals surface area contributed by atoms with Crippen molar-refractivity contribution in [2.45, 2.75) is 12.1 Å². The van der Waals surface area contributed by atoms with Crippen LogP contribution in [0.15, 0.2) is 84.9 Å². The van der Waals surface area contributed by atoms with Crippen LogP contribution in [0.1, 0.15) is 5.56 Å². The molecule has 0 unspecified atom stereocenters. The van der Waals surface area contributed by atoms with Crippen LogP contribution in [0, 0.1) is 5.92 Å². The zero-order chi connectivity index (χ0) is 22.9. The fraction of sp³-hybridized carbons (Fsp3) is 0.154. The third-order valence-electron chi connectivity index (χ3n) is 5.84. The number of imide groups is 1. The SMILES string of the molecule is COc1ccc(N2C(=O)[C@H]3[C@@H](/C=C\c4cccc(Cl)c4)N(c4ccccc4)O[C@H]3C2=O)cc1. The Morgan fingerprint density at radius 1 is 0.909 bits per heavy atom. The van der Waals surface area contributed by atoms with Crippen molar-refractivity contribution < 1.29 is 19.2 Å². The molecule has 3 aromatic rings. The third kappa shape index (κ3) is 3.88. The number of carbonyl (C=O) groups is 2. The molecule has 2 fully saturated rings. The van der Waals surface area contributed by atoms with Gasteiger partial charge >= 0.3 is 0 Å². The number of carbonyl (C=O) groups excluding carboxylic acids is 2. The Labute approximate surface area is 196 Å².